The first-order valence-corrected chi connectivity index (χ1v) is 11.9. The van der Waals surface area contributed by atoms with E-state index in [1.807, 2.05) is 6.21 Å². The van der Waals surface area contributed by atoms with Crippen molar-refractivity contribution in [3.05, 3.63) is 35.1 Å². The molecule has 1 aromatic heterocycles. The molecule has 0 saturated heterocycles. The fraction of sp³-hybridized carbons (Fsp3) is 0.500. The number of rotatable bonds is 8. The number of aromatic nitrogens is 2. The number of amides is 2. The summed E-state index contributed by atoms with van der Waals surface area (Å²) in [4.78, 5) is 44.2. The number of thioether (sulfide) groups is 1. The minimum Gasteiger partial charge on any atom is -0.498 e. The monoisotopic (exact) mass is 475 g/mol. The van der Waals surface area contributed by atoms with Crippen molar-refractivity contribution in [1.29, 1.82) is 0 Å². The SMILES string of the molecule is COC1=CC2=C(CC1OCCCC(=O)Nc1cn(C)c(C=O)n1)/N=C\CSCCCNC2=O. The number of hydrogen-bond donors (Lipinski definition) is 2. The summed E-state index contributed by atoms with van der Waals surface area (Å²) in [6, 6.07) is 0. The zero-order valence-electron chi connectivity index (χ0n) is 18.8. The highest BCUT2D eigenvalue weighted by atomic mass is 32.2. The van der Waals surface area contributed by atoms with Crippen molar-refractivity contribution in [1.82, 2.24) is 14.9 Å². The molecule has 2 aliphatic rings. The number of aldehydes is 1. The Kier molecular flexibility index (Phi) is 9.25. The number of hydrogen-bond acceptors (Lipinski definition) is 8. The van der Waals surface area contributed by atoms with Crippen LogP contribution in [0.2, 0.25) is 0 Å². The molecule has 1 aliphatic heterocycles. The largest absolute Gasteiger partial charge is 0.498 e. The summed E-state index contributed by atoms with van der Waals surface area (Å²) in [6.45, 7) is 0.949. The van der Waals surface area contributed by atoms with Gasteiger partial charge in [-0.15, -0.1) is 0 Å². The molecule has 1 aliphatic carbocycles. The Balaban J connectivity index is 1.54. The summed E-state index contributed by atoms with van der Waals surface area (Å²) in [5.41, 5.74) is 1.17. The zero-order valence-corrected chi connectivity index (χ0v) is 19.7. The first-order valence-electron chi connectivity index (χ1n) is 10.8. The van der Waals surface area contributed by atoms with Crippen LogP contribution in [0.25, 0.3) is 0 Å². The van der Waals surface area contributed by atoms with Gasteiger partial charge < -0.3 is 24.7 Å². The quantitative estimate of drug-likeness (QED) is 0.434. The van der Waals surface area contributed by atoms with E-state index < -0.39 is 0 Å². The Morgan fingerprint density at radius 2 is 2.30 bits per heavy atom. The van der Waals surface area contributed by atoms with Gasteiger partial charge in [0.15, 0.2) is 17.9 Å². The molecule has 178 valence electrons. The Morgan fingerprint density at radius 3 is 3.06 bits per heavy atom. The lowest BCUT2D eigenvalue weighted by molar-refractivity contribution is -0.118. The van der Waals surface area contributed by atoms with E-state index in [-0.39, 0.29) is 30.2 Å². The fourth-order valence-corrected chi connectivity index (χ4v) is 4.12. The van der Waals surface area contributed by atoms with Crippen LogP contribution < -0.4 is 10.6 Å². The van der Waals surface area contributed by atoms with E-state index in [9.17, 15) is 14.4 Å². The number of methoxy groups -OCH3 is 1. The van der Waals surface area contributed by atoms with Crippen LogP contribution in [-0.4, -0.2) is 71.7 Å². The second kappa shape index (κ2) is 12.4. The van der Waals surface area contributed by atoms with Crippen molar-refractivity contribution >= 4 is 41.9 Å². The third kappa shape index (κ3) is 7.03. The van der Waals surface area contributed by atoms with E-state index in [1.54, 1.807) is 42.8 Å². The lowest BCUT2D eigenvalue weighted by atomic mass is 9.98. The Labute approximate surface area is 196 Å². The molecule has 0 bridgehead atoms. The van der Waals surface area contributed by atoms with Gasteiger partial charge >= 0.3 is 0 Å². The zero-order chi connectivity index (χ0) is 23.6. The maximum atomic E-state index is 12.6. The van der Waals surface area contributed by atoms with Crippen LogP contribution in [0.15, 0.2) is 34.3 Å². The number of nitrogens with one attached hydrogen (secondary N) is 2. The van der Waals surface area contributed by atoms with Gasteiger partial charge in [-0.3, -0.25) is 19.4 Å². The highest BCUT2D eigenvalue weighted by molar-refractivity contribution is 7.99. The van der Waals surface area contributed by atoms with Gasteiger partial charge in [-0.1, -0.05) is 0 Å². The number of carbonyl (C=O) groups excluding carboxylic acids is 3. The molecule has 0 aromatic carbocycles. The number of aryl methyl sites for hydroxylation is 1. The summed E-state index contributed by atoms with van der Waals surface area (Å²) in [6.07, 6.45) is 7.39. The standard InChI is InChI=1S/C22H29N5O5S/c1-27-13-19(25-20(27)14-28)26-21(29)5-3-8-32-18-12-16-15(11-17(18)31-2)22(30)24-6-4-9-33-10-7-23-16/h7,11,13-14,18H,3-6,8-10,12H2,1-2H3,(H,24,30)(H,26,29)/b23-7-. The molecule has 2 heterocycles. The molecular weight excluding hydrogens is 446 g/mol. The molecule has 10 nitrogen and oxygen atoms in total. The predicted molar refractivity (Wildman–Crippen MR) is 126 cm³/mol. The Bertz CT molecular complexity index is 968. The van der Waals surface area contributed by atoms with E-state index in [0.717, 1.165) is 17.9 Å². The lowest BCUT2D eigenvalue weighted by Gasteiger charge is -2.25. The molecule has 0 saturated carbocycles. The van der Waals surface area contributed by atoms with Crippen LogP contribution in [0.1, 0.15) is 36.3 Å². The maximum absolute atomic E-state index is 12.6. The highest BCUT2D eigenvalue weighted by Crippen LogP contribution is 2.28. The number of carbonyl (C=O) groups is 3. The number of anilines is 1. The van der Waals surface area contributed by atoms with Crippen LogP contribution in [0.4, 0.5) is 5.82 Å². The lowest BCUT2D eigenvalue weighted by Crippen LogP contribution is -2.30. The van der Waals surface area contributed by atoms with Crippen LogP contribution in [0.5, 0.6) is 0 Å². The minimum atomic E-state index is -0.384. The molecule has 3 rings (SSSR count). The smallest absolute Gasteiger partial charge is 0.253 e. The van der Waals surface area contributed by atoms with Gasteiger partial charge in [0.25, 0.3) is 5.91 Å². The molecule has 1 atom stereocenters. The number of aliphatic imine (C=N–C) groups is 1. The Morgan fingerprint density at radius 1 is 1.45 bits per heavy atom. The van der Waals surface area contributed by atoms with Gasteiger partial charge in [-0.25, -0.2) is 4.98 Å². The summed E-state index contributed by atoms with van der Waals surface area (Å²) in [7, 11) is 3.23. The van der Waals surface area contributed by atoms with Crippen LogP contribution in [0, 0.1) is 0 Å². The predicted octanol–water partition coefficient (Wildman–Crippen LogP) is 1.85. The van der Waals surface area contributed by atoms with Gasteiger partial charge in [-0.05, 0) is 24.7 Å². The van der Waals surface area contributed by atoms with Crippen molar-refractivity contribution < 1.29 is 23.9 Å². The molecule has 1 unspecified atom stereocenters. The summed E-state index contributed by atoms with van der Waals surface area (Å²) in [5, 5.41) is 5.61. The van der Waals surface area contributed by atoms with Crippen molar-refractivity contribution in [2.45, 2.75) is 31.8 Å². The van der Waals surface area contributed by atoms with E-state index in [4.69, 9.17) is 9.47 Å². The van der Waals surface area contributed by atoms with Gasteiger partial charge in [0.05, 0.1) is 18.4 Å². The topological polar surface area (TPSA) is 124 Å². The highest BCUT2D eigenvalue weighted by Gasteiger charge is 2.28. The number of ether oxygens (including phenoxy) is 2. The third-order valence-corrected chi connectivity index (χ3v) is 6.08. The van der Waals surface area contributed by atoms with E-state index in [2.05, 4.69) is 20.6 Å². The number of nitrogens with zero attached hydrogens (tertiary/aromatic N) is 3. The molecule has 2 amide bonds. The average Bonchev–Trinajstić information content (AvgIpc) is 3.14. The van der Waals surface area contributed by atoms with E-state index in [1.165, 1.54) is 0 Å². The van der Waals surface area contributed by atoms with Crippen molar-refractivity contribution in [3.8, 4) is 0 Å². The first kappa shape index (κ1) is 24.7. The molecule has 0 spiro atoms. The minimum absolute atomic E-state index is 0.161. The van der Waals surface area contributed by atoms with Gasteiger partial charge in [0.2, 0.25) is 5.91 Å². The first-order chi connectivity index (χ1) is 16.0. The molecule has 1 aromatic rings. The number of imidazole rings is 1. The van der Waals surface area contributed by atoms with Crippen LogP contribution in [-0.2, 0) is 26.1 Å². The Hall–Kier alpha value is -2.92. The summed E-state index contributed by atoms with van der Waals surface area (Å²) >= 11 is 1.78. The molecular formula is C22H29N5O5S. The normalized spacial score (nSPS) is 20.1. The second-order valence-electron chi connectivity index (χ2n) is 7.54. The van der Waals surface area contributed by atoms with Crippen molar-refractivity contribution in [2.75, 3.05) is 37.1 Å². The molecule has 0 fully saturated rings. The second-order valence-corrected chi connectivity index (χ2v) is 8.69. The van der Waals surface area contributed by atoms with Gasteiger partial charge in [-0.2, -0.15) is 11.8 Å². The van der Waals surface area contributed by atoms with E-state index in [0.29, 0.717) is 55.1 Å². The van der Waals surface area contributed by atoms with Crippen molar-refractivity contribution in [3.63, 3.8) is 0 Å². The summed E-state index contributed by atoms with van der Waals surface area (Å²) in [5.74, 6) is 2.51. The van der Waals surface area contributed by atoms with E-state index >= 15 is 0 Å². The third-order valence-electron chi connectivity index (χ3n) is 5.12. The van der Waals surface area contributed by atoms with Crippen molar-refractivity contribution in [2.24, 2.45) is 12.0 Å². The molecule has 0 radical (unpaired) electrons. The van der Waals surface area contributed by atoms with Gasteiger partial charge in [0.1, 0.15) is 11.9 Å². The molecule has 2 N–H and O–H groups in total. The molecule has 11 heteroatoms. The average molecular weight is 476 g/mol. The van der Waals surface area contributed by atoms with Crippen LogP contribution in [0.3, 0.4) is 0 Å². The maximum Gasteiger partial charge on any atom is 0.253 e. The molecule has 33 heavy (non-hydrogen) atoms. The van der Waals surface area contributed by atoms with Crippen LogP contribution >= 0.6 is 11.8 Å². The van der Waals surface area contributed by atoms with Gasteiger partial charge in [0, 0.05) is 51.2 Å². The fourth-order valence-electron chi connectivity index (χ4n) is 3.42. The summed E-state index contributed by atoms with van der Waals surface area (Å²) < 4.78 is 13.0.